The lowest BCUT2D eigenvalue weighted by molar-refractivity contribution is -0.222. The van der Waals surface area contributed by atoms with Crippen LogP contribution in [0.15, 0.2) is 48.3 Å². The minimum absolute atomic E-state index is 0.101. The van der Waals surface area contributed by atoms with Crippen LogP contribution in [-0.4, -0.2) is 43.6 Å². The van der Waals surface area contributed by atoms with E-state index in [1.54, 1.807) is 43.6 Å². The number of ether oxygens (including phenoxy) is 2. The van der Waals surface area contributed by atoms with Crippen molar-refractivity contribution in [3.63, 3.8) is 0 Å². The Labute approximate surface area is 176 Å². The van der Waals surface area contributed by atoms with Crippen LogP contribution in [0.1, 0.15) is 24.3 Å². The van der Waals surface area contributed by atoms with Crippen LogP contribution in [-0.2, 0) is 26.1 Å². The normalized spacial score (nSPS) is 15.4. The molecule has 3 aromatic rings. The predicted molar refractivity (Wildman–Crippen MR) is 109 cm³/mol. The molecule has 0 unspecified atom stereocenters. The number of anilines is 1. The van der Waals surface area contributed by atoms with Crippen LogP contribution < -0.4 is 5.32 Å². The summed E-state index contributed by atoms with van der Waals surface area (Å²) in [6, 6.07) is 8.72. The van der Waals surface area contributed by atoms with Crippen molar-refractivity contribution in [2.75, 3.05) is 5.32 Å². The lowest BCUT2D eigenvalue weighted by Crippen LogP contribution is -2.42. The third-order valence-corrected chi connectivity index (χ3v) is 4.60. The number of cyclic esters (lactones) is 2. The second-order valence-corrected chi connectivity index (χ2v) is 7.30. The molecule has 1 aliphatic rings. The average molecular weight is 422 g/mol. The number of esters is 2. The van der Waals surface area contributed by atoms with Crippen molar-refractivity contribution in [1.29, 1.82) is 0 Å². The Kier molecular flexibility index (Phi) is 4.69. The van der Waals surface area contributed by atoms with E-state index in [0.717, 1.165) is 0 Å². The van der Waals surface area contributed by atoms with Crippen molar-refractivity contribution in [2.24, 2.45) is 7.05 Å². The zero-order valence-electron chi connectivity index (χ0n) is 16.9. The summed E-state index contributed by atoms with van der Waals surface area (Å²) in [4.78, 5) is 40.0. The van der Waals surface area contributed by atoms with E-state index in [4.69, 9.17) is 9.47 Å². The summed E-state index contributed by atoms with van der Waals surface area (Å²) in [5, 5.41) is 16.9. The molecule has 31 heavy (non-hydrogen) atoms. The fraction of sp³-hybridized carbons (Fsp3) is 0.190. The van der Waals surface area contributed by atoms with Gasteiger partial charge in [0.1, 0.15) is 0 Å². The van der Waals surface area contributed by atoms with Crippen molar-refractivity contribution in [3.05, 3.63) is 54.0 Å². The van der Waals surface area contributed by atoms with E-state index in [9.17, 15) is 19.5 Å². The molecule has 0 radical (unpaired) electrons. The number of carboxylic acids is 1. The molecule has 0 aliphatic carbocycles. The number of hydrogen-bond donors (Lipinski definition) is 2. The summed E-state index contributed by atoms with van der Waals surface area (Å²) in [5.74, 6) is -4.05. The first-order valence-corrected chi connectivity index (χ1v) is 9.25. The highest BCUT2D eigenvalue weighted by atomic mass is 16.7. The van der Waals surface area contributed by atoms with Crippen LogP contribution in [0.25, 0.3) is 22.2 Å². The van der Waals surface area contributed by atoms with Gasteiger partial charge < -0.3 is 19.9 Å². The molecule has 1 aliphatic heterocycles. The molecular formula is C21H18N4O6. The van der Waals surface area contributed by atoms with E-state index in [1.165, 1.54) is 24.7 Å². The number of aromatic carboxylic acids is 1. The molecule has 1 fully saturated rings. The molecule has 0 bridgehead atoms. The van der Waals surface area contributed by atoms with Crippen molar-refractivity contribution < 1.29 is 29.0 Å². The Morgan fingerprint density at radius 2 is 1.90 bits per heavy atom. The van der Waals surface area contributed by atoms with Crippen LogP contribution in [0, 0.1) is 0 Å². The number of benzene rings is 1. The van der Waals surface area contributed by atoms with Gasteiger partial charge in [0.2, 0.25) is 0 Å². The highest BCUT2D eigenvalue weighted by Gasteiger charge is 2.38. The average Bonchev–Trinajstić information content (AvgIpc) is 3.04. The molecule has 0 atom stereocenters. The smallest absolute Gasteiger partial charge is 0.357 e. The second-order valence-electron chi connectivity index (χ2n) is 7.30. The first kappa shape index (κ1) is 20.1. The van der Waals surface area contributed by atoms with Gasteiger partial charge in [-0.15, -0.1) is 0 Å². The number of pyridine rings is 1. The number of carboxylic acid groups (broad SMARTS) is 1. The van der Waals surface area contributed by atoms with Crippen molar-refractivity contribution >= 4 is 34.6 Å². The van der Waals surface area contributed by atoms with Gasteiger partial charge in [0.05, 0.1) is 5.39 Å². The van der Waals surface area contributed by atoms with Gasteiger partial charge in [0.25, 0.3) is 5.79 Å². The minimum Gasteiger partial charge on any atom is -0.476 e. The number of carbonyl (C=O) groups excluding carboxylic acids is 2. The van der Waals surface area contributed by atoms with Gasteiger partial charge in [-0.3, -0.25) is 0 Å². The number of nitrogens with one attached hydrogen (secondary N) is 1. The highest BCUT2D eigenvalue weighted by molar-refractivity contribution is 6.15. The van der Waals surface area contributed by atoms with Gasteiger partial charge in [0.15, 0.2) is 16.9 Å². The number of fused-ring (bicyclic) bond motifs is 1. The molecule has 0 spiro atoms. The van der Waals surface area contributed by atoms with E-state index in [1.807, 2.05) is 0 Å². The molecule has 10 heteroatoms. The molecule has 0 amide bonds. The fourth-order valence-corrected chi connectivity index (χ4v) is 3.28. The second kappa shape index (κ2) is 7.24. The molecule has 158 valence electrons. The molecule has 3 heterocycles. The van der Waals surface area contributed by atoms with Crippen LogP contribution in [0.5, 0.6) is 0 Å². The largest absolute Gasteiger partial charge is 0.476 e. The number of carbonyl (C=O) groups is 3. The summed E-state index contributed by atoms with van der Waals surface area (Å²) in [5.41, 5.74) is 1.95. The highest BCUT2D eigenvalue weighted by Crippen LogP contribution is 2.31. The number of aryl methyl sites for hydroxylation is 1. The van der Waals surface area contributed by atoms with Crippen LogP contribution in [0.2, 0.25) is 0 Å². The van der Waals surface area contributed by atoms with E-state index in [2.05, 4.69) is 15.4 Å². The van der Waals surface area contributed by atoms with Gasteiger partial charge in [0, 0.05) is 39.0 Å². The number of rotatable bonds is 4. The third kappa shape index (κ3) is 3.70. The van der Waals surface area contributed by atoms with Crippen LogP contribution >= 0.6 is 0 Å². The van der Waals surface area contributed by atoms with Gasteiger partial charge in [-0.05, 0) is 29.3 Å². The zero-order chi connectivity index (χ0) is 22.3. The minimum atomic E-state index is -1.32. The SMILES string of the molecule is Cn1nc(C(=O)O)c2c(-c3cccc(NC=C4C(=O)OC(C)(C)OC4=O)c3)ccnc21. The van der Waals surface area contributed by atoms with E-state index in [-0.39, 0.29) is 11.3 Å². The van der Waals surface area contributed by atoms with Gasteiger partial charge in [-0.2, -0.15) is 5.10 Å². The Bertz CT molecular complexity index is 1250. The van der Waals surface area contributed by atoms with E-state index >= 15 is 0 Å². The molecule has 0 saturated carbocycles. The Morgan fingerprint density at radius 1 is 1.19 bits per heavy atom. The predicted octanol–water partition coefficient (Wildman–Crippen LogP) is 2.47. The maximum absolute atomic E-state index is 12.1. The maximum atomic E-state index is 12.1. The number of hydrogen-bond acceptors (Lipinski definition) is 8. The molecule has 2 aromatic heterocycles. The van der Waals surface area contributed by atoms with Crippen molar-refractivity contribution in [3.8, 4) is 11.1 Å². The lowest BCUT2D eigenvalue weighted by Gasteiger charge is -2.29. The maximum Gasteiger partial charge on any atom is 0.357 e. The van der Waals surface area contributed by atoms with Crippen LogP contribution in [0.4, 0.5) is 5.69 Å². The number of aromatic nitrogens is 3. The first-order valence-electron chi connectivity index (χ1n) is 9.25. The van der Waals surface area contributed by atoms with Crippen LogP contribution in [0.3, 0.4) is 0 Å². The Balaban J connectivity index is 1.70. The first-order chi connectivity index (χ1) is 14.7. The van der Waals surface area contributed by atoms with E-state index < -0.39 is 23.7 Å². The summed E-state index contributed by atoms with van der Waals surface area (Å²) in [6.45, 7) is 2.94. The summed E-state index contributed by atoms with van der Waals surface area (Å²) < 4.78 is 11.5. The summed E-state index contributed by atoms with van der Waals surface area (Å²) in [7, 11) is 1.62. The number of nitrogens with zero attached hydrogens (tertiary/aromatic N) is 3. The Hall–Kier alpha value is -4.21. The Morgan fingerprint density at radius 3 is 2.58 bits per heavy atom. The van der Waals surface area contributed by atoms with Gasteiger partial charge in [-0.1, -0.05) is 12.1 Å². The lowest BCUT2D eigenvalue weighted by atomic mass is 10.0. The molecule has 4 rings (SSSR count). The molecule has 1 saturated heterocycles. The van der Waals surface area contributed by atoms with Gasteiger partial charge >= 0.3 is 17.9 Å². The fourth-order valence-electron chi connectivity index (χ4n) is 3.28. The molecule has 2 N–H and O–H groups in total. The summed E-state index contributed by atoms with van der Waals surface area (Å²) in [6.07, 6.45) is 2.79. The topological polar surface area (TPSA) is 133 Å². The molecule has 10 nitrogen and oxygen atoms in total. The van der Waals surface area contributed by atoms with Crippen molar-refractivity contribution in [2.45, 2.75) is 19.6 Å². The van der Waals surface area contributed by atoms with Crippen molar-refractivity contribution in [1.82, 2.24) is 14.8 Å². The molecular weight excluding hydrogens is 404 g/mol. The third-order valence-electron chi connectivity index (χ3n) is 4.60. The molecule has 1 aromatic carbocycles. The standard InChI is InChI=1S/C21H18N4O6/c1-21(2)30-19(28)14(20(29)31-21)10-23-12-6-4-5-11(9-12)13-7-8-22-17-15(13)16(18(26)27)24-25(17)3/h4-10,23H,1-3H3,(H,26,27). The van der Waals surface area contributed by atoms with Gasteiger partial charge in [-0.25, -0.2) is 24.0 Å². The quantitative estimate of drug-likeness (QED) is 0.369. The summed E-state index contributed by atoms with van der Waals surface area (Å²) >= 11 is 0. The zero-order valence-corrected chi connectivity index (χ0v) is 16.9. The monoisotopic (exact) mass is 422 g/mol. The van der Waals surface area contributed by atoms with E-state index in [0.29, 0.717) is 27.8 Å².